The standard InChI is InChI=1S/C7H7.C5H9.ClH.Mg.H3P/c1-7-5-3-2-4-6-7;1-2-4-5-3-1;;;/h2-6H,1H2;1H,2-5H2;1H;;1H3. The van der Waals surface area contributed by atoms with Crippen molar-refractivity contribution in [2.75, 3.05) is 0 Å². The first-order valence-corrected chi connectivity index (χ1v) is 7.31. The highest BCUT2D eigenvalue weighted by Crippen LogP contribution is 2.29. The topological polar surface area (TPSA) is 0 Å². The molecule has 0 radical (unpaired) electrons. The van der Waals surface area contributed by atoms with Crippen LogP contribution < -0.4 is 0 Å². The van der Waals surface area contributed by atoms with Crippen LogP contribution >= 0.6 is 22.3 Å². The molecule has 82 valence electrons. The van der Waals surface area contributed by atoms with E-state index < -0.39 is 0 Å². The van der Waals surface area contributed by atoms with Gasteiger partial charge in [-0.05, 0) is 0 Å². The van der Waals surface area contributed by atoms with Gasteiger partial charge in [0, 0.05) is 0 Å². The van der Waals surface area contributed by atoms with E-state index in [2.05, 4.69) is 30.3 Å². The maximum absolute atomic E-state index is 2.28. The number of halogens is 1. The monoisotopic (exact) mass is 254 g/mol. The SMILES string of the molecule is Cl.P.c1ccc([CH2][Mg][CH]2CCCC2)cc1. The Bertz CT molecular complexity index is 247. The predicted octanol–water partition coefficient (Wildman–Crippen LogP) is 3.73. The average Bonchev–Trinajstić information content (AvgIpc) is 2.69. The largest absolute Gasteiger partial charge is 0.375 e. The maximum Gasteiger partial charge on any atom is 0.375 e. The Morgan fingerprint density at radius 1 is 1.07 bits per heavy atom. The molecule has 1 aliphatic rings. The summed E-state index contributed by atoms with van der Waals surface area (Å²) in [7, 11) is 0. The van der Waals surface area contributed by atoms with Gasteiger partial charge >= 0.3 is 20.4 Å². The lowest BCUT2D eigenvalue weighted by Gasteiger charge is -2.05. The molecule has 0 nitrogen and oxygen atoms in total. The molecule has 1 aromatic rings. The smallest absolute Gasteiger partial charge is 0.153 e. The summed E-state index contributed by atoms with van der Waals surface area (Å²) in [6.45, 7) is 0. The van der Waals surface area contributed by atoms with Gasteiger partial charge in [0.1, 0.15) is 0 Å². The molecule has 15 heavy (non-hydrogen) atoms. The molecule has 3 heteroatoms. The summed E-state index contributed by atoms with van der Waals surface area (Å²) in [6.07, 6.45) is 6.09. The van der Waals surface area contributed by atoms with Crippen LogP contribution in [0, 0.1) is 0 Å². The highest BCUT2D eigenvalue weighted by Gasteiger charge is 2.16. The lowest BCUT2D eigenvalue weighted by molar-refractivity contribution is 0.862. The van der Waals surface area contributed by atoms with E-state index in [1.54, 1.807) is 18.4 Å². The summed E-state index contributed by atoms with van der Waals surface area (Å²) in [5.74, 6) is 0. The van der Waals surface area contributed by atoms with Crippen LogP contribution in [0.4, 0.5) is 0 Å². The number of rotatable bonds is 3. The summed E-state index contributed by atoms with van der Waals surface area (Å²) in [5.41, 5.74) is 1.57. The van der Waals surface area contributed by atoms with E-state index in [1.807, 2.05) is 0 Å². The van der Waals surface area contributed by atoms with Crippen LogP contribution in [0.25, 0.3) is 0 Å². The fourth-order valence-electron chi connectivity index (χ4n) is 2.31. The van der Waals surface area contributed by atoms with Crippen LogP contribution in [0.1, 0.15) is 31.2 Å². The van der Waals surface area contributed by atoms with Gasteiger partial charge in [0.15, 0.2) is 0 Å². The van der Waals surface area contributed by atoms with Gasteiger partial charge in [-0.15, -0.1) is 21.0 Å². The molecule has 1 aliphatic carbocycles. The molecule has 2 rings (SSSR count). The van der Waals surface area contributed by atoms with Crippen LogP contribution in [0.15, 0.2) is 30.3 Å². The highest BCUT2D eigenvalue weighted by atomic mass is 35.5. The Morgan fingerprint density at radius 3 is 2.27 bits per heavy atom. The minimum absolute atomic E-state index is 0. The number of hydrogen-bond acceptors (Lipinski definition) is 0. The van der Waals surface area contributed by atoms with Crippen molar-refractivity contribution in [1.29, 1.82) is 0 Å². The molecule has 0 N–H and O–H groups in total. The van der Waals surface area contributed by atoms with Gasteiger partial charge in [-0.2, -0.15) is 9.90 Å². The van der Waals surface area contributed by atoms with Crippen molar-refractivity contribution < 1.29 is 0 Å². The summed E-state index contributed by atoms with van der Waals surface area (Å²) in [4.78, 5) is 0. The minimum atomic E-state index is 0. The van der Waals surface area contributed by atoms with Gasteiger partial charge in [-0.3, -0.25) is 0 Å². The second kappa shape index (κ2) is 8.81. The van der Waals surface area contributed by atoms with E-state index in [9.17, 15) is 0 Å². The van der Waals surface area contributed by atoms with Crippen molar-refractivity contribution in [3.05, 3.63) is 35.9 Å². The van der Waals surface area contributed by atoms with Gasteiger partial charge < -0.3 is 0 Å². The third-order valence-corrected chi connectivity index (χ3v) is 5.66. The second-order valence-corrected chi connectivity index (χ2v) is 6.41. The van der Waals surface area contributed by atoms with Crippen molar-refractivity contribution >= 4 is 42.7 Å². The fourth-order valence-corrected chi connectivity index (χ4v) is 4.54. The van der Waals surface area contributed by atoms with Crippen LogP contribution in [0.2, 0.25) is 4.05 Å². The Morgan fingerprint density at radius 2 is 1.67 bits per heavy atom. The van der Waals surface area contributed by atoms with Gasteiger partial charge in [0.25, 0.3) is 0 Å². The Balaban J connectivity index is 0.000000980. The highest BCUT2D eigenvalue weighted by molar-refractivity contribution is 6.92. The van der Waals surface area contributed by atoms with Gasteiger partial charge in [0.05, 0.1) is 0 Å². The molecular weight excluding hydrogens is 235 g/mol. The third-order valence-electron chi connectivity index (χ3n) is 3.16. The molecule has 1 fully saturated rings. The molecule has 0 heterocycles. The quantitative estimate of drug-likeness (QED) is 0.570. The van der Waals surface area contributed by atoms with Crippen molar-refractivity contribution in [2.24, 2.45) is 0 Å². The zero-order chi connectivity index (χ0) is 8.93. The Hall–Kier alpha value is 0.706. The maximum atomic E-state index is 2.28. The summed E-state index contributed by atoms with van der Waals surface area (Å²) in [6, 6.07) is 11.0. The van der Waals surface area contributed by atoms with Gasteiger partial charge in [-0.1, -0.05) is 61.6 Å². The Kier molecular flexibility index (Phi) is 9.23. The first-order valence-electron chi connectivity index (χ1n) is 5.49. The lowest BCUT2D eigenvalue weighted by atomic mass is 10.2. The zero-order valence-corrected chi connectivity index (χ0v) is 13.0. The van der Waals surface area contributed by atoms with E-state index in [0.717, 1.165) is 0 Å². The molecule has 1 atom stereocenters. The van der Waals surface area contributed by atoms with Gasteiger partial charge in [0.2, 0.25) is 0 Å². The molecule has 0 aromatic heterocycles. The first kappa shape index (κ1) is 15.7. The molecular formula is C12H20ClMgP. The van der Waals surface area contributed by atoms with Gasteiger partial charge in [-0.25, -0.2) is 0 Å². The normalized spacial score (nSPS) is 14.9. The van der Waals surface area contributed by atoms with E-state index in [1.165, 1.54) is 21.4 Å². The molecule has 0 bridgehead atoms. The van der Waals surface area contributed by atoms with Crippen LogP contribution in [0.3, 0.4) is 0 Å². The predicted molar refractivity (Wildman–Crippen MR) is 76.5 cm³/mol. The first-order chi connectivity index (χ1) is 6.45. The summed E-state index contributed by atoms with van der Waals surface area (Å²) >= 11 is 0.189. The number of hydrogen-bond donors (Lipinski definition) is 0. The molecule has 0 amide bonds. The van der Waals surface area contributed by atoms with Crippen molar-refractivity contribution in [1.82, 2.24) is 0 Å². The molecule has 0 aliphatic heterocycles. The molecule has 1 aromatic carbocycles. The average molecular weight is 255 g/mol. The summed E-state index contributed by atoms with van der Waals surface area (Å²) in [5, 5.41) is 0. The molecule has 1 unspecified atom stereocenters. The zero-order valence-electron chi connectivity index (χ0n) is 9.32. The van der Waals surface area contributed by atoms with Crippen molar-refractivity contribution in [3.63, 3.8) is 0 Å². The molecule has 0 spiro atoms. The lowest BCUT2D eigenvalue weighted by Crippen LogP contribution is -2.03. The van der Waals surface area contributed by atoms with E-state index in [4.69, 9.17) is 0 Å². The molecule has 0 saturated heterocycles. The van der Waals surface area contributed by atoms with Crippen molar-refractivity contribution in [2.45, 2.75) is 34.3 Å². The molecule has 1 saturated carbocycles. The van der Waals surface area contributed by atoms with Crippen LogP contribution in [-0.4, -0.2) is 20.4 Å². The minimum Gasteiger partial charge on any atom is -0.153 e. The Labute approximate surface area is 112 Å². The van der Waals surface area contributed by atoms with E-state index in [0.29, 0.717) is 0 Å². The summed E-state index contributed by atoms with van der Waals surface area (Å²) < 4.78 is 2.59. The second-order valence-electron chi connectivity index (χ2n) is 4.17. The number of benzene rings is 1. The van der Waals surface area contributed by atoms with E-state index in [-0.39, 0.29) is 42.7 Å². The third kappa shape index (κ3) is 5.54. The fraction of sp³-hybridized carbons (Fsp3) is 0.500. The van der Waals surface area contributed by atoms with Crippen LogP contribution in [0.5, 0.6) is 0 Å². The van der Waals surface area contributed by atoms with Crippen LogP contribution in [-0.2, 0) is 4.55 Å². The van der Waals surface area contributed by atoms with Crippen molar-refractivity contribution in [3.8, 4) is 0 Å². The van der Waals surface area contributed by atoms with E-state index >= 15 is 0 Å².